The van der Waals surface area contributed by atoms with Gasteiger partial charge in [-0.2, -0.15) is 0 Å². The van der Waals surface area contributed by atoms with E-state index in [0.717, 1.165) is 33.6 Å². The summed E-state index contributed by atoms with van der Waals surface area (Å²) in [6.45, 7) is 3.44. The second-order valence-corrected chi connectivity index (χ2v) is 8.70. The molecule has 2 N–H and O–H groups in total. The Hall–Kier alpha value is -3.00. The molecule has 1 amide bonds. The van der Waals surface area contributed by atoms with E-state index >= 15 is 0 Å². The molecule has 0 saturated carbocycles. The first-order valence-corrected chi connectivity index (χ1v) is 10.9. The van der Waals surface area contributed by atoms with E-state index in [-0.39, 0.29) is 5.91 Å². The predicted molar refractivity (Wildman–Crippen MR) is 118 cm³/mol. The first kappa shape index (κ1) is 20.3. The van der Waals surface area contributed by atoms with Gasteiger partial charge in [0.2, 0.25) is 5.91 Å². The normalized spacial score (nSPS) is 16.6. The number of carboxylic acids is 1. The van der Waals surface area contributed by atoms with E-state index in [1.165, 1.54) is 4.88 Å². The van der Waals surface area contributed by atoms with Crippen molar-refractivity contribution in [2.45, 2.75) is 26.2 Å². The van der Waals surface area contributed by atoms with Crippen LogP contribution in [0.4, 0.5) is 5.82 Å². The Kier molecular flexibility index (Phi) is 5.94. The summed E-state index contributed by atoms with van der Waals surface area (Å²) in [6, 6.07) is 10.2. The summed E-state index contributed by atoms with van der Waals surface area (Å²) in [5, 5.41) is 13.5. The minimum absolute atomic E-state index is 0.0245. The number of aliphatic carboxylic acids is 1. The number of anilines is 1. The monoisotopic (exact) mass is 424 g/mol. The molecule has 3 heterocycles. The average Bonchev–Trinajstić information content (AvgIpc) is 3.11. The standard InChI is InChI=1S/C22H24N4O3S/c1-14-18(15-6-3-2-4-7-15)19-20(24-13-25-21(19)30-14)23-10-9-17(27)26-11-5-8-16(12-26)22(28)29/h2-4,6-7,13,16H,5,8-12H2,1H3,(H,28,29)(H,23,24,25). The van der Waals surface area contributed by atoms with Crippen molar-refractivity contribution in [1.82, 2.24) is 14.9 Å². The van der Waals surface area contributed by atoms with Gasteiger partial charge in [-0.25, -0.2) is 9.97 Å². The summed E-state index contributed by atoms with van der Waals surface area (Å²) in [4.78, 5) is 36.4. The number of benzene rings is 1. The number of rotatable bonds is 6. The van der Waals surface area contributed by atoms with E-state index < -0.39 is 11.9 Å². The number of carbonyl (C=O) groups is 2. The van der Waals surface area contributed by atoms with Gasteiger partial charge in [-0.3, -0.25) is 9.59 Å². The zero-order valence-corrected chi connectivity index (χ0v) is 17.6. The summed E-state index contributed by atoms with van der Waals surface area (Å²) in [6.07, 6.45) is 3.20. The highest BCUT2D eigenvalue weighted by molar-refractivity contribution is 7.19. The van der Waals surface area contributed by atoms with Crippen LogP contribution in [0, 0.1) is 12.8 Å². The molecule has 0 spiro atoms. The number of aromatic nitrogens is 2. The summed E-state index contributed by atoms with van der Waals surface area (Å²) in [5.74, 6) is -0.587. The predicted octanol–water partition coefficient (Wildman–Crippen LogP) is 3.79. The van der Waals surface area contributed by atoms with Crippen molar-refractivity contribution in [1.29, 1.82) is 0 Å². The highest BCUT2D eigenvalue weighted by atomic mass is 32.1. The van der Waals surface area contributed by atoms with E-state index in [1.54, 1.807) is 22.6 Å². The smallest absolute Gasteiger partial charge is 0.308 e. The summed E-state index contributed by atoms with van der Waals surface area (Å²) in [5.41, 5.74) is 2.23. The number of carbonyl (C=O) groups excluding carboxylic acids is 1. The van der Waals surface area contributed by atoms with Crippen LogP contribution in [-0.4, -0.2) is 51.5 Å². The molecule has 1 fully saturated rings. The molecule has 156 valence electrons. The number of nitrogens with zero attached hydrogens (tertiary/aromatic N) is 3. The molecule has 1 saturated heterocycles. The Bertz CT molecular complexity index is 1070. The third-order valence-corrected chi connectivity index (χ3v) is 6.49. The SMILES string of the molecule is Cc1sc2ncnc(NCCC(=O)N3CCCC(C(=O)O)C3)c2c1-c1ccccc1. The molecule has 1 atom stereocenters. The number of fused-ring (bicyclic) bond motifs is 1. The zero-order chi connectivity index (χ0) is 21.1. The molecule has 3 aromatic rings. The lowest BCUT2D eigenvalue weighted by atomic mass is 9.98. The number of hydrogen-bond donors (Lipinski definition) is 2. The molecule has 2 aromatic heterocycles. The second kappa shape index (κ2) is 8.79. The van der Waals surface area contributed by atoms with Gasteiger partial charge in [0.15, 0.2) is 0 Å². The van der Waals surface area contributed by atoms with Crippen molar-refractivity contribution < 1.29 is 14.7 Å². The molecular weight excluding hydrogens is 400 g/mol. The molecule has 30 heavy (non-hydrogen) atoms. The number of thiophene rings is 1. The maximum atomic E-state index is 12.6. The van der Waals surface area contributed by atoms with Gasteiger partial charge < -0.3 is 15.3 Å². The number of aryl methyl sites for hydroxylation is 1. The molecule has 1 aliphatic rings. The Morgan fingerprint density at radius 3 is 2.83 bits per heavy atom. The van der Waals surface area contributed by atoms with Gasteiger partial charge in [0.1, 0.15) is 17.0 Å². The van der Waals surface area contributed by atoms with Crippen molar-refractivity contribution in [2.75, 3.05) is 25.0 Å². The molecule has 4 rings (SSSR count). The van der Waals surface area contributed by atoms with Crippen LogP contribution < -0.4 is 5.32 Å². The minimum Gasteiger partial charge on any atom is -0.481 e. The Morgan fingerprint density at radius 1 is 1.27 bits per heavy atom. The maximum Gasteiger partial charge on any atom is 0.308 e. The number of nitrogens with one attached hydrogen (secondary N) is 1. The zero-order valence-electron chi connectivity index (χ0n) is 16.8. The van der Waals surface area contributed by atoms with Gasteiger partial charge in [0.25, 0.3) is 0 Å². The third-order valence-electron chi connectivity index (χ3n) is 5.48. The molecule has 1 unspecified atom stereocenters. The fraction of sp³-hybridized carbons (Fsp3) is 0.364. The van der Waals surface area contributed by atoms with Gasteiger partial charge in [0.05, 0.1) is 11.3 Å². The largest absolute Gasteiger partial charge is 0.481 e. The Balaban J connectivity index is 1.48. The Labute approximate surface area is 178 Å². The lowest BCUT2D eigenvalue weighted by molar-refractivity contribution is -0.145. The lowest BCUT2D eigenvalue weighted by Crippen LogP contribution is -2.42. The van der Waals surface area contributed by atoms with E-state index in [1.807, 2.05) is 18.2 Å². The molecule has 0 bridgehead atoms. The van der Waals surface area contributed by atoms with Crippen LogP contribution in [0.15, 0.2) is 36.7 Å². The van der Waals surface area contributed by atoms with Crippen LogP contribution in [0.1, 0.15) is 24.1 Å². The summed E-state index contributed by atoms with van der Waals surface area (Å²) < 4.78 is 0. The number of amides is 1. The highest BCUT2D eigenvalue weighted by Gasteiger charge is 2.27. The van der Waals surface area contributed by atoms with Crippen molar-refractivity contribution in [2.24, 2.45) is 5.92 Å². The molecular formula is C22H24N4O3S. The molecule has 8 heteroatoms. The summed E-state index contributed by atoms with van der Waals surface area (Å²) in [7, 11) is 0. The van der Waals surface area contributed by atoms with Crippen LogP contribution >= 0.6 is 11.3 Å². The molecule has 0 aliphatic carbocycles. The number of carboxylic acid groups (broad SMARTS) is 1. The fourth-order valence-electron chi connectivity index (χ4n) is 3.98. The van der Waals surface area contributed by atoms with E-state index in [2.05, 4.69) is 34.3 Å². The number of hydrogen-bond acceptors (Lipinski definition) is 6. The fourth-order valence-corrected chi connectivity index (χ4v) is 4.99. The van der Waals surface area contributed by atoms with Crippen molar-refractivity contribution in [3.05, 3.63) is 41.5 Å². The van der Waals surface area contributed by atoms with Crippen molar-refractivity contribution in [3.63, 3.8) is 0 Å². The van der Waals surface area contributed by atoms with Gasteiger partial charge in [-0.1, -0.05) is 30.3 Å². The third kappa shape index (κ3) is 4.14. The van der Waals surface area contributed by atoms with E-state index in [0.29, 0.717) is 32.5 Å². The van der Waals surface area contributed by atoms with Crippen molar-refractivity contribution >= 4 is 39.2 Å². The summed E-state index contributed by atoms with van der Waals surface area (Å²) >= 11 is 1.63. The number of piperidine rings is 1. The van der Waals surface area contributed by atoms with Crippen molar-refractivity contribution in [3.8, 4) is 11.1 Å². The van der Waals surface area contributed by atoms with Crippen LogP contribution in [0.2, 0.25) is 0 Å². The average molecular weight is 425 g/mol. The van der Waals surface area contributed by atoms with Crippen LogP contribution in [0.5, 0.6) is 0 Å². The second-order valence-electron chi connectivity index (χ2n) is 7.50. The first-order valence-electron chi connectivity index (χ1n) is 10.1. The van der Waals surface area contributed by atoms with Crippen LogP contribution in [0.3, 0.4) is 0 Å². The first-order chi connectivity index (χ1) is 14.5. The minimum atomic E-state index is -0.824. The van der Waals surface area contributed by atoms with Gasteiger partial charge in [-0.15, -0.1) is 11.3 Å². The Morgan fingerprint density at radius 2 is 2.07 bits per heavy atom. The van der Waals surface area contributed by atoms with Gasteiger partial charge in [-0.05, 0) is 25.3 Å². The highest BCUT2D eigenvalue weighted by Crippen LogP contribution is 2.40. The molecule has 0 radical (unpaired) electrons. The van der Waals surface area contributed by atoms with Crippen LogP contribution in [-0.2, 0) is 9.59 Å². The maximum absolute atomic E-state index is 12.6. The van der Waals surface area contributed by atoms with E-state index in [9.17, 15) is 14.7 Å². The lowest BCUT2D eigenvalue weighted by Gasteiger charge is -2.30. The van der Waals surface area contributed by atoms with Gasteiger partial charge in [0, 0.05) is 36.5 Å². The quantitative estimate of drug-likeness (QED) is 0.625. The molecule has 1 aliphatic heterocycles. The van der Waals surface area contributed by atoms with Gasteiger partial charge >= 0.3 is 5.97 Å². The van der Waals surface area contributed by atoms with Crippen LogP contribution in [0.25, 0.3) is 21.3 Å². The number of likely N-dealkylation sites (tertiary alicyclic amines) is 1. The molecule has 7 nitrogen and oxygen atoms in total. The topological polar surface area (TPSA) is 95.4 Å². The molecule has 1 aromatic carbocycles. The van der Waals surface area contributed by atoms with E-state index in [4.69, 9.17) is 0 Å².